The van der Waals surface area contributed by atoms with E-state index in [2.05, 4.69) is 9.97 Å². The van der Waals surface area contributed by atoms with Gasteiger partial charge < -0.3 is 11.9 Å². The van der Waals surface area contributed by atoms with Crippen LogP contribution in [0.5, 0.6) is 0 Å². The predicted molar refractivity (Wildman–Crippen MR) is 75.9 cm³/mol. The van der Waals surface area contributed by atoms with E-state index in [0.717, 1.165) is 5.56 Å². The van der Waals surface area contributed by atoms with Crippen LogP contribution in [0.1, 0.15) is 11.6 Å². The van der Waals surface area contributed by atoms with Crippen molar-refractivity contribution >= 4 is 17.4 Å². The summed E-state index contributed by atoms with van der Waals surface area (Å²) in [4.78, 5) is 8.25. The van der Waals surface area contributed by atoms with Crippen molar-refractivity contribution in [3.63, 3.8) is 0 Å². The Balaban J connectivity index is 0.00000200. The Bertz CT molecular complexity index is 672. The maximum Gasteiger partial charge on any atom is 0.176 e. The van der Waals surface area contributed by atoms with Crippen LogP contribution < -0.4 is 11.9 Å². The molecule has 0 radical (unpaired) electrons. The Labute approximate surface area is 121 Å². The molecule has 2 aromatic rings. The van der Waals surface area contributed by atoms with E-state index in [1.807, 2.05) is 30.3 Å². The largest absolute Gasteiger partial charge is 0.382 e. The second-order valence-corrected chi connectivity index (χ2v) is 4.07. The summed E-state index contributed by atoms with van der Waals surface area (Å²) >= 11 is 5.95. The van der Waals surface area contributed by atoms with E-state index in [-0.39, 0.29) is 22.7 Å². The van der Waals surface area contributed by atoms with Crippen LogP contribution in [0, 0.1) is 22.7 Å². The van der Waals surface area contributed by atoms with E-state index in [0.29, 0.717) is 5.82 Å². The molecule has 0 fully saturated rings. The molecule has 7 heteroatoms. The molecule has 0 saturated carbocycles. The minimum Gasteiger partial charge on any atom is -0.382 e. The van der Waals surface area contributed by atoms with Crippen LogP contribution in [0.15, 0.2) is 30.3 Å². The average Bonchev–Trinajstić information content (AvgIpc) is 2.45. The van der Waals surface area contributed by atoms with Crippen LogP contribution in [0.3, 0.4) is 0 Å². The number of rotatable bonds is 2. The summed E-state index contributed by atoms with van der Waals surface area (Å²) < 4.78 is 0. The highest BCUT2D eigenvalue weighted by Crippen LogP contribution is 2.29. The third-order valence-electron chi connectivity index (χ3n) is 2.47. The zero-order valence-corrected chi connectivity index (χ0v) is 11.2. The van der Waals surface area contributed by atoms with Crippen molar-refractivity contribution in [2.45, 2.75) is 5.92 Å². The SMILES string of the molecule is N.N#CC(C#N)c1nc(-c2ccccc2)nc(N)c1Cl. The van der Waals surface area contributed by atoms with Crippen LogP contribution in [0.25, 0.3) is 11.4 Å². The van der Waals surface area contributed by atoms with Gasteiger partial charge in [0.25, 0.3) is 0 Å². The number of hydrogen-bond acceptors (Lipinski definition) is 6. The molecule has 0 aliphatic heterocycles. The molecule has 0 aliphatic carbocycles. The van der Waals surface area contributed by atoms with Crippen LogP contribution in [-0.4, -0.2) is 9.97 Å². The van der Waals surface area contributed by atoms with Crippen molar-refractivity contribution in [1.82, 2.24) is 16.1 Å². The fraction of sp³-hybridized carbons (Fsp3) is 0.0769. The number of hydrogen-bond donors (Lipinski definition) is 2. The number of nitrogen functional groups attached to an aromatic ring is 1. The van der Waals surface area contributed by atoms with E-state index in [4.69, 9.17) is 27.9 Å². The Morgan fingerprint density at radius 2 is 1.70 bits per heavy atom. The summed E-state index contributed by atoms with van der Waals surface area (Å²) in [6, 6.07) is 12.8. The standard InChI is InChI=1S/C13H8ClN5.H3N/c14-10-11(9(6-15)7-16)18-13(19-12(10)17)8-4-2-1-3-5-8;/h1-5,9H,(H2,17,18,19);1H3. The minimum atomic E-state index is -1.07. The monoisotopic (exact) mass is 286 g/mol. The maximum atomic E-state index is 8.92. The molecule has 0 aliphatic rings. The van der Waals surface area contributed by atoms with Crippen molar-refractivity contribution in [2.24, 2.45) is 0 Å². The van der Waals surface area contributed by atoms with E-state index in [1.54, 1.807) is 12.1 Å². The Hall–Kier alpha value is -2.67. The lowest BCUT2D eigenvalue weighted by molar-refractivity contribution is 0.992. The molecule has 2 rings (SSSR count). The lowest BCUT2D eigenvalue weighted by atomic mass is 10.1. The van der Waals surface area contributed by atoms with Gasteiger partial charge in [-0.15, -0.1) is 0 Å². The van der Waals surface area contributed by atoms with Crippen LogP contribution in [-0.2, 0) is 0 Å². The van der Waals surface area contributed by atoms with E-state index >= 15 is 0 Å². The van der Waals surface area contributed by atoms with Gasteiger partial charge in [0.1, 0.15) is 10.8 Å². The molecule has 6 nitrogen and oxygen atoms in total. The minimum absolute atomic E-state index is 0. The second kappa shape index (κ2) is 6.48. The highest BCUT2D eigenvalue weighted by Gasteiger charge is 2.20. The Morgan fingerprint density at radius 3 is 2.25 bits per heavy atom. The maximum absolute atomic E-state index is 8.92. The zero-order valence-electron chi connectivity index (χ0n) is 10.4. The van der Waals surface area contributed by atoms with Gasteiger partial charge in [0.05, 0.1) is 17.8 Å². The van der Waals surface area contributed by atoms with Gasteiger partial charge in [-0.2, -0.15) is 10.5 Å². The number of nitrogens with zero attached hydrogens (tertiary/aromatic N) is 4. The van der Waals surface area contributed by atoms with Gasteiger partial charge in [-0.1, -0.05) is 41.9 Å². The molecule has 0 unspecified atom stereocenters. The summed E-state index contributed by atoms with van der Waals surface area (Å²) in [6.07, 6.45) is 0. The molecule has 0 spiro atoms. The highest BCUT2D eigenvalue weighted by atomic mass is 35.5. The zero-order chi connectivity index (χ0) is 13.8. The van der Waals surface area contributed by atoms with Crippen molar-refractivity contribution in [3.05, 3.63) is 41.0 Å². The van der Waals surface area contributed by atoms with E-state index in [1.165, 1.54) is 0 Å². The van der Waals surface area contributed by atoms with Crippen LogP contribution >= 0.6 is 11.6 Å². The van der Waals surface area contributed by atoms with Gasteiger partial charge in [0, 0.05) is 5.56 Å². The molecule has 5 N–H and O–H groups in total. The van der Waals surface area contributed by atoms with Gasteiger partial charge in [-0.3, -0.25) is 0 Å². The fourth-order valence-corrected chi connectivity index (χ4v) is 1.73. The number of aromatic nitrogens is 2. The predicted octanol–water partition coefficient (Wildman–Crippen LogP) is 2.67. The van der Waals surface area contributed by atoms with Crippen molar-refractivity contribution in [1.29, 1.82) is 10.5 Å². The number of anilines is 1. The summed E-state index contributed by atoms with van der Waals surface area (Å²) in [5.41, 5.74) is 6.58. The van der Waals surface area contributed by atoms with E-state index < -0.39 is 5.92 Å². The lowest BCUT2D eigenvalue weighted by Crippen LogP contribution is -2.05. The van der Waals surface area contributed by atoms with Crippen molar-refractivity contribution in [3.8, 4) is 23.5 Å². The summed E-state index contributed by atoms with van der Waals surface area (Å²) in [5, 5.41) is 17.9. The molecule has 1 heterocycles. The molecule has 0 bridgehead atoms. The van der Waals surface area contributed by atoms with Crippen LogP contribution in [0.2, 0.25) is 5.02 Å². The van der Waals surface area contributed by atoms with Crippen molar-refractivity contribution < 1.29 is 0 Å². The molecular formula is C13H11ClN6. The number of nitrogens with two attached hydrogens (primary N) is 1. The first kappa shape index (κ1) is 15.4. The first-order chi connectivity index (χ1) is 9.17. The average molecular weight is 287 g/mol. The van der Waals surface area contributed by atoms with E-state index in [9.17, 15) is 0 Å². The normalized spacial score (nSPS) is 9.40. The summed E-state index contributed by atoms with van der Waals surface area (Å²) in [7, 11) is 0. The third kappa shape index (κ3) is 2.83. The molecule has 0 amide bonds. The first-order valence-corrected chi connectivity index (χ1v) is 5.72. The molecular weight excluding hydrogens is 276 g/mol. The third-order valence-corrected chi connectivity index (χ3v) is 2.85. The molecule has 100 valence electrons. The molecule has 20 heavy (non-hydrogen) atoms. The molecule has 1 aromatic carbocycles. The van der Waals surface area contributed by atoms with Gasteiger partial charge in [-0.05, 0) is 0 Å². The van der Waals surface area contributed by atoms with Gasteiger partial charge in [0.2, 0.25) is 0 Å². The van der Waals surface area contributed by atoms with Crippen LogP contribution in [0.4, 0.5) is 5.82 Å². The van der Waals surface area contributed by atoms with Gasteiger partial charge in [0.15, 0.2) is 11.7 Å². The Morgan fingerprint density at radius 1 is 1.10 bits per heavy atom. The number of nitriles is 2. The molecule has 0 saturated heterocycles. The first-order valence-electron chi connectivity index (χ1n) is 5.35. The van der Waals surface area contributed by atoms with Crippen molar-refractivity contribution in [2.75, 3.05) is 5.73 Å². The fourth-order valence-electron chi connectivity index (χ4n) is 1.54. The van der Waals surface area contributed by atoms with Gasteiger partial charge >= 0.3 is 0 Å². The molecule has 0 atom stereocenters. The van der Waals surface area contributed by atoms with Gasteiger partial charge in [-0.25, -0.2) is 9.97 Å². The topological polar surface area (TPSA) is 134 Å². The second-order valence-electron chi connectivity index (χ2n) is 3.69. The molecule has 1 aromatic heterocycles. The summed E-state index contributed by atoms with van der Waals surface area (Å²) in [5.74, 6) is -0.672. The smallest absolute Gasteiger partial charge is 0.176 e. The quantitative estimate of drug-likeness (QED) is 0.871. The Kier molecular flexibility index (Phi) is 4.99. The highest BCUT2D eigenvalue weighted by molar-refractivity contribution is 6.33. The number of benzene rings is 1. The summed E-state index contributed by atoms with van der Waals surface area (Å²) in [6.45, 7) is 0. The lowest BCUT2D eigenvalue weighted by Gasteiger charge is -2.08. The number of halogens is 1.